The fourth-order valence-corrected chi connectivity index (χ4v) is 1.40. The Morgan fingerprint density at radius 2 is 2.33 bits per heavy atom. The predicted molar refractivity (Wildman–Crippen MR) is 63.5 cm³/mol. The summed E-state index contributed by atoms with van der Waals surface area (Å²) in [4.78, 5) is 19.4. The van der Waals surface area contributed by atoms with Crippen LogP contribution in [0.25, 0.3) is 0 Å². The van der Waals surface area contributed by atoms with Crippen molar-refractivity contribution in [2.75, 3.05) is 12.3 Å². The molecule has 0 bridgehead atoms. The van der Waals surface area contributed by atoms with Gasteiger partial charge in [0.25, 0.3) is 5.91 Å². The van der Waals surface area contributed by atoms with Gasteiger partial charge in [0, 0.05) is 20.0 Å². The fourth-order valence-electron chi connectivity index (χ4n) is 1.40. The number of nitrogens with zero attached hydrogens (tertiary/aromatic N) is 5. The minimum Gasteiger partial charge on any atom is -0.382 e. The van der Waals surface area contributed by atoms with Gasteiger partial charge in [-0.2, -0.15) is 0 Å². The maximum atomic E-state index is 11.7. The van der Waals surface area contributed by atoms with E-state index >= 15 is 0 Å². The molecule has 0 saturated carbocycles. The molecule has 0 unspecified atom stereocenters. The molecule has 2 rings (SSSR count). The monoisotopic (exact) mass is 247 g/mol. The largest absolute Gasteiger partial charge is 0.382 e. The van der Waals surface area contributed by atoms with Crippen LogP contribution in [0, 0.1) is 0 Å². The Balaban J connectivity index is 1.87. The molecule has 8 heteroatoms. The van der Waals surface area contributed by atoms with E-state index in [-0.39, 0.29) is 17.4 Å². The summed E-state index contributed by atoms with van der Waals surface area (Å²) in [5.74, 6) is 0.710. The predicted octanol–water partition coefficient (Wildman–Crippen LogP) is -0.840. The van der Waals surface area contributed by atoms with Crippen molar-refractivity contribution in [3.63, 3.8) is 0 Å². The van der Waals surface area contributed by atoms with Crippen LogP contribution in [0.1, 0.15) is 16.3 Å². The van der Waals surface area contributed by atoms with Crippen molar-refractivity contribution >= 4 is 11.7 Å². The van der Waals surface area contributed by atoms with Gasteiger partial charge in [0.05, 0.1) is 12.4 Å². The van der Waals surface area contributed by atoms with Crippen LogP contribution < -0.4 is 11.1 Å². The number of carbonyl (C=O) groups is 1. The summed E-state index contributed by atoms with van der Waals surface area (Å²) in [6.07, 6.45) is 4.96. The number of aromatic nitrogens is 5. The van der Waals surface area contributed by atoms with Crippen molar-refractivity contribution in [2.24, 2.45) is 7.05 Å². The molecule has 0 aliphatic carbocycles. The van der Waals surface area contributed by atoms with Crippen LogP contribution in [-0.4, -0.2) is 37.2 Å². The Morgan fingerprint density at radius 1 is 1.50 bits per heavy atom. The Morgan fingerprint density at radius 3 is 3.00 bits per heavy atom. The van der Waals surface area contributed by atoms with Crippen LogP contribution in [0.3, 0.4) is 0 Å². The zero-order valence-corrected chi connectivity index (χ0v) is 9.87. The van der Waals surface area contributed by atoms with Gasteiger partial charge in [0.2, 0.25) is 0 Å². The van der Waals surface area contributed by atoms with Crippen molar-refractivity contribution in [3.8, 4) is 0 Å². The van der Waals surface area contributed by atoms with Crippen molar-refractivity contribution in [1.82, 2.24) is 30.0 Å². The van der Waals surface area contributed by atoms with Crippen LogP contribution in [0.5, 0.6) is 0 Å². The van der Waals surface area contributed by atoms with Gasteiger partial charge in [-0.3, -0.25) is 9.78 Å². The van der Waals surface area contributed by atoms with Crippen molar-refractivity contribution in [3.05, 3.63) is 30.2 Å². The van der Waals surface area contributed by atoms with E-state index in [9.17, 15) is 4.79 Å². The summed E-state index contributed by atoms with van der Waals surface area (Å²) < 4.78 is 1.80. The smallest absolute Gasteiger partial charge is 0.271 e. The number of anilines is 1. The zero-order chi connectivity index (χ0) is 13.0. The molecule has 0 atom stereocenters. The third kappa shape index (κ3) is 2.78. The average Bonchev–Trinajstić information content (AvgIpc) is 2.75. The Hall–Kier alpha value is -2.51. The molecule has 2 heterocycles. The second-order valence-corrected chi connectivity index (χ2v) is 3.69. The molecule has 94 valence electrons. The molecule has 0 aliphatic rings. The van der Waals surface area contributed by atoms with Gasteiger partial charge in [0.1, 0.15) is 23.7 Å². The highest BCUT2D eigenvalue weighted by atomic mass is 16.1. The number of amides is 1. The topological polar surface area (TPSA) is 112 Å². The molecule has 1 amide bonds. The van der Waals surface area contributed by atoms with E-state index in [0.29, 0.717) is 13.0 Å². The standard InChI is InChI=1S/C10H13N7O/c1-17-6-14-16-9(17)2-3-13-10(18)7-4-12-5-8(11)15-7/h4-6H,2-3H2,1H3,(H2,11,15)(H,13,18). The Labute approximate surface area is 103 Å². The van der Waals surface area contributed by atoms with Crippen LogP contribution in [0.15, 0.2) is 18.7 Å². The van der Waals surface area contributed by atoms with Gasteiger partial charge in [-0.15, -0.1) is 10.2 Å². The van der Waals surface area contributed by atoms with Gasteiger partial charge in [0.15, 0.2) is 0 Å². The van der Waals surface area contributed by atoms with E-state index < -0.39 is 0 Å². The lowest BCUT2D eigenvalue weighted by Crippen LogP contribution is -2.27. The first kappa shape index (κ1) is 12.0. The highest BCUT2D eigenvalue weighted by Crippen LogP contribution is 1.97. The minimum atomic E-state index is -0.308. The molecule has 2 aromatic heterocycles. The van der Waals surface area contributed by atoms with E-state index in [1.54, 1.807) is 10.9 Å². The number of nitrogen functional groups attached to an aromatic ring is 1. The lowest BCUT2D eigenvalue weighted by Gasteiger charge is -2.04. The second-order valence-electron chi connectivity index (χ2n) is 3.69. The third-order valence-corrected chi connectivity index (χ3v) is 2.33. The highest BCUT2D eigenvalue weighted by Gasteiger charge is 2.08. The summed E-state index contributed by atoms with van der Waals surface area (Å²) in [6, 6.07) is 0. The number of aryl methyl sites for hydroxylation is 1. The normalized spacial score (nSPS) is 10.3. The van der Waals surface area contributed by atoms with Gasteiger partial charge in [-0.05, 0) is 0 Å². The van der Waals surface area contributed by atoms with Gasteiger partial charge >= 0.3 is 0 Å². The van der Waals surface area contributed by atoms with Crippen molar-refractivity contribution < 1.29 is 4.79 Å². The fraction of sp³-hybridized carbons (Fsp3) is 0.300. The molecule has 0 radical (unpaired) electrons. The van der Waals surface area contributed by atoms with Crippen LogP contribution in [0.4, 0.5) is 5.82 Å². The van der Waals surface area contributed by atoms with Gasteiger partial charge in [-0.1, -0.05) is 0 Å². The van der Waals surface area contributed by atoms with Crippen LogP contribution >= 0.6 is 0 Å². The van der Waals surface area contributed by atoms with Gasteiger partial charge < -0.3 is 15.6 Å². The molecule has 0 spiro atoms. The molecule has 3 N–H and O–H groups in total. The molecule has 0 fully saturated rings. The highest BCUT2D eigenvalue weighted by molar-refractivity contribution is 5.92. The number of nitrogens with one attached hydrogen (secondary N) is 1. The number of nitrogens with two attached hydrogens (primary N) is 1. The first-order valence-corrected chi connectivity index (χ1v) is 5.35. The molecule has 18 heavy (non-hydrogen) atoms. The average molecular weight is 247 g/mol. The molecular formula is C10H13N7O. The number of hydrogen-bond acceptors (Lipinski definition) is 6. The Kier molecular flexibility index (Phi) is 3.46. The first-order valence-electron chi connectivity index (χ1n) is 5.35. The number of carbonyl (C=O) groups excluding carboxylic acids is 1. The maximum Gasteiger partial charge on any atom is 0.271 e. The lowest BCUT2D eigenvalue weighted by atomic mass is 10.3. The van der Waals surface area contributed by atoms with E-state index in [0.717, 1.165) is 5.82 Å². The van der Waals surface area contributed by atoms with Gasteiger partial charge in [-0.25, -0.2) is 4.98 Å². The van der Waals surface area contributed by atoms with Crippen LogP contribution in [0.2, 0.25) is 0 Å². The maximum absolute atomic E-state index is 11.7. The SMILES string of the molecule is Cn1cnnc1CCNC(=O)c1cncc(N)n1. The summed E-state index contributed by atoms with van der Waals surface area (Å²) in [7, 11) is 1.85. The van der Waals surface area contributed by atoms with Crippen molar-refractivity contribution in [2.45, 2.75) is 6.42 Å². The Bertz CT molecular complexity index is 551. The minimum absolute atomic E-state index is 0.202. The summed E-state index contributed by atoms with van der Waals surface area (Å²) in [5.41, 5.74) is 5.65. The van der Waals surface area contributed by atoms with E-state index in [4.69, 9.17) is 5.73 Å². The summed E-state index contributed by atoms with van der Waals surface area (Å²) >= 11 is 0. The van der Waals surface area contributed by atoms with E-state index in [2.05, 4.69) is 25.5 Å². The molecule has 0 aliphatic heterocycles. The number of hydrogen-bond donors (Lipinski definition) is 2. The second kappa shape index (κ2) is 5.21. The van der Waals surface area contributed by atoms with Crippen LogP contribution in [-0.2, 0) is 13.5 Å². The molecule has 0 saturated heterocycles. The molecule has 2 aromatic rings. The molecule has 8 nitrogen and oxygen atoms in total. The molecular weight excluding hydrogens is 234 g/mol. The lowest BCUT2D eigenvalue weighted by molar-refractivity contribution is 0.0948. The number of rotatable bonds is 4. The zero-order valence-electron chi connectivity index (χ0n) is 9.87. The third-order valence-electron chi connectivity index (χ3n) is 2.33. The quantitative estimate of drug-likeness (QED) is 0.728. The van der Waals surface area contributed by atoms with E-state index in [1.807, 2.05) is 7.05 Å². The summed E-state index contributed by atoms with van der Waals surface area (Å²) in [6.45, 7) is 0.446. The van der Waals surface area contributed by atoms with Crippen molar-refractivity contribution in [1.29, 1.82) is 0 Å². The van der Waals surface area contributed by atoms with E-state index in [1.165, 1.54) is 12.4 Å². The first-order chi connectivity index (χ1) is 8.66. The molecule has 0 aromatic carbocycles. The summed E-state index contributed by atoms with van der Waals surface area (Å²) in [5, 5.41) is 10.4.